The Morgan fingerprint density at radius 2 is 1.81 bits per heavy atom. The van der Waals surface area contributed by atoms with E-state index in [4.69, 9.17) is 14.2 Å². The van der Waals surface area contributed by atoms with E-state index >= 15 is 0 Å². The maximum absolute atomic E-state index is 14.7. The first-order chi connectivity index (χ1) is 17.3. The molecule has 2 fully saturated rings. The zero-order chi connectivity index (χ0) is 25.8. The van der Waals surface area contributed by atoms with E-state index in [1.807, 2.05) is 0 Å². The highest BCUT2D eigenvalue weighted by Crippen LogP contribution is 2.40. The highest BCUT2D eigenvalue weighted by atomic mass is 19.1. The molecule has 2 saturated heterocycles. The Bertz CT molecular complexity index is 1140. The molecule has 36 heavy (non-hydrogen) atoms. The third-order valence-corrected chi connectivity index (χ3v) is 6.30. The maximum Gasteiger partial charge on any atom is 0.295 e. The molecule has 4 rings (SSSR count). The standard InChI is InChI=1S/C27H31FN2O6/c1-17(2)36-22-9-6-19(16-21(22)28)25(31)23-24(18-4-7-20(34-3)8-5-18)30(27(33)26(23)32)11-10-29-12-14-35-15-13-29/h4-9,16-17,24,31H,10-15H2,1-3H3/b25-23+/t24-/m1/s1. The number of carbonyl (C=O) groups excluding carboxylic acids is 2. The van der Waals surface area contributed by atoms with Gasteiger partial charge in [0.15, 0.2) is 11.6 Å². The highest BCUT2D eigenvalue weighted by Gasteiger charge is 2.46. The molecule has 0 aliphatic carbocycles. The molecule has 2 aliphatic rings. The van der Waals surface area contributed by atoms with Crippen LogP contribution in [0.25, 0.3) is 5.76 Å². The van der Waals surface area contributed by atoms with E-state index in [1.54, 1.807) is 45.2 Å². The molecule has 1 N–H and O–H groups in total. The fraction of sp³-hybridized carbons (Fsp3) is 0.407. The van der Waals surface area contributed by atoms with E-state index in [0.717, 1.165) is 19.2 Å². The molecular weight excluding hydrogens is 467 g/mol. The molecule has 0 saturated carbocycles. The van der Waals surface area contributed by atoms with Crippen molar-refractivity contribution in [3.8, 4) is 11.5 Å². The molecule has 9 heteroatoms. The number of likely N-dealkylation sites (tertiary alicyclic amines) is 1. The second-order valence-electron chi connectivity index (χ2n) is 9.03. The van der Waals surface area contributed by atoms with Gasteiger partial charge in [-0.05, 0) is 49.7 Å². The lowest BCUT2D eigenvalue weighted by atomic mass is 9.95. The van der Waals surface area contributed by atoms with Gasteiger partial charge >= 0.3 is 0 Å². The molecule has 192 valence electrons. The number of ketones is 1. The number of hydrogen-bond acceptors (Lipinski definition) is 7. The first-order valence-electron chi connectivity index (χ1n) is 12.0. The van der Waals surface area contributed by atoms with Crippen LogP contribution in [0.3, 0.4) is 0 Å². The number of carbonyl (C=O) groups is 2. The monoisotopic (exact) mass is 498 g/mol. The van der Waals surface area contributed by atoms with Crippen LogP contribution in [0.1, 0.15) is 31.0 Å². The van der Waals surface area contributed by atoms with E-state index in [0.29, 0.717) is 31.1 Å². The van der Waals surface area contributed by atoms with Crippen LogP contribution in [-0.2, 0) is 14.3 Å². The summed E-state index contributed by atoms with van der Waals surface area (Å²) in [5.41, 5.74) is 0.649. The Balaban J connectivity index is 1.73. The predicted octanol–water partition coefficient (Wildman–Crippen LogP) is 3.38. The Hall–Kier alpha value is -3.43. The largest absolute Gasteiger partial charge is 0.507 e. The number of ether oxygens (including phenoxy) is 3. The molecule has 0 radical (unpaired) electrons. The number of benzene rings is 2. The molecule has 1 amide bonds. The number of aliphatic hydroxyl groups excluding tert-OH is 1. The molecule has 0 bridgehead atoms. The Kier molecular flexibility index (Phi) is 7.91. The molecule has 1 atom stereocenters. The number of amides is 1. The fourth-order valence-corrected chi connectivity index (χ4v) is 4.47. The first-order valence-corrected chi connectivity index (χ1v) is 12.0. The SMILES string of the molecule is COc1ccc([C@@H]2/C(=C(\O)c3ccc(OC(C)C)c(F)c3)C(=O)C(=O)N2CCN2CCOCC2)cc1. The van der Waals surface area contributed by atoms with Crippen molar-refractivity contribution >= 4 is 17.4 Å². The van der Waals surface area contributed by atoms with Gasteiger partial charge in [-0.25, -0.2) is 4.39 Å². The summed E-state index contributed by atoms with van der Waals surface area (Å²) in [6, 6.07) is 10.1. The summed E-state index contributed by atoms with van der Waals surface area (Å²) in [6.07, 6.45) is -0.231. The summed E-state index contributed by atoms with van der Waals surface area (Å²) in [5, 5.41) is 11.2. The van der Waals surface area contributed by atoms with E-state index in [9.17, 15) is 19.1 Å². The van der Waals surface area contributed by atoms with Crippen LogP contribution in [0.4, 0.5) is 4.39 Å². The summed E-state index contributed by atoms with van der Waals surface area (Å²) in [4.78, 5) is 30.0. The number of nitrogens with zero attached hydrogens (tertiary/aromatic N) is 2. The van der Waals surface area contributed by atoms with Crippen LogP contribution in [-0.4, -0.2) is 79.2 Å². The van der Waals surface area contributed by atoms with Gasteiger partial charge in [-0.15, -0.1) is 0 Å². The van der Waals surface area contributed by atoms with Crippen LogP contribution < -0.4 is 9.47 Å². The number of hydrogen-bond donors (Lipinski definition) is 1. The summed E-state index contributed by atoms with van der Waals surface area (Å²) in [6.45, 7) is 7.10. The van der Waals surface area contributed by atoms with Crippen molar-refractivity contribution < 1.29 is 33.3 Å². The van der Waals surface area contributed by atoms with E-state index < -0.39 is 29.3 Å². The van der Waals surface area contributed by atoms with Crippen molar-refractivity contribution in [1.82, 2.24) is 9.80 Å². The van der Waals surface area contributed by atoms with E-state index in [2.05, 4.69) is 4.90 Å². The molecule has 2 heterocycles. The van der Waals surface area contributed by atoms with Gasteiger partial charge in [0.2, 0.25) is 0 Å². The third kappa shape index (κ3) is 5.37. The van der Waals surface area contributed by atoms with Crippen LogP contribution in [0.2, 0.25) is 0 Å². The van der Waals surface area contributed by atoms with Gasteiger partial charge in [0, 0.05) is 31.7 Å². The molecule has 0 spiro atoms. The van der Waals surface area contributed by atoms with Crippen LogP contribution in [0, 0.1) is 5.82 Å². The van der Waals surface area contributed by atoms with E-state index in [-0.39, 0.29) is 29.5 Å². The zero-order valence-corrected chi connectivity index (χ0v) is 20.7. The second kappa shape index (κ2) is 11.1. The van der Waals surface area contributed by atoms with Crippen molar-refractivity contribution in [2.45, 2.75) is 26.0 Å². The lowest BCUT2D eigenvalue weighted by Crippen LogP contribution is -2.42. The number of aliphatic hydroxyl groups is 1. The zero-order valence-electron chi connectivity index (χ0n) is 20.7. The van der Waals surface area contributed by atoms with Gasteiger partial charge in [0.1, 0.15) is 11.5 Å². The number of morpholine rings is 1. The summed E-state index contributed by atoms with van der Waals surface area (Å²) in [7, 11) is 1.55. The van der Waals surface area contributed by atoms with Gasteiger partial charge in [0.25, 0.3) is 11.7 Å². The molecule has 2 aromatic carbocycles. The number of halogens is 1. The van der Waals surface area contributed by atoms with Gasteiger partial charge < -0.3 is 24.2 Å². The van der Waals surface area contributed by atoms with Crippen molar-refractivity contribution in [2.24, 2.45) is 0 Å². The molecule has 0 unspecified atom stereocenters. The van der Waals surface area contributed by atoms with Crippen LogP contribution in [0.5, 0.6) is 11.5 Å². The third-order valence-electron chi connectivity index (χ3n) is 6.30. The number of Topliss-reactive ketones (excluding diaryl/α,β-unsaturated/α-hetero) is 1. The van der Waals surface area contributed by atoms with Crippen molar-refractivity contribution in [2.75, 3.05) is 46.5 Å². The highest BCUT2D eigenvalue weighted by molar-refractivity contribution is 6.46. The topological polar surface area (TPSA) is 88.5 Å². The number of rotatable bonds is 8. The average Bonchev–Trinajstić information content (AvgIpc) is 3.13. The quantitative estimate of drug-likeness (QED) is 0.339. The second-order valence-corrected chi connectivity index (χ2v) is 9.03. The fourth-order valence-electron chi connectivity index (χ4n) is 4.47. The van der Waals surface area contributed by atoms with Crippen LogP contribution in [0.15, 0.2) is 48.0 Å². The molecular formula is C27H31FN2O6. The first kappa shape index (κ1) is 25.7. The normalized spacial score (nSPS) is 20.2. The lowest BCUT2D eigenvalue weighted by Gasteiger charge is -2.31. The molecule has 0 aromatic heterocycles. The maximum atomic E-state index is 14.7. The molecule has 8 nitrogen and oxygen atoms in total. The number of methoxy groups -OCH3 is 1. The Labute approximate surface area is 209 Å². The minimum atomic E-state index is -0.827. The van der Waals surface area contributed by atoms with Crippen molar-refractivity contribution in [3.05, 3.63) is 65.0 Å². The minimum Gasteiger partial charge on any atom is -0.507 e. The molecule has 2 aromatic rings. The van der Waals surface area contributed by atoms with Gasteiger partial charge in [0.05, 0.1) is 38.0 Å². The van der Waals surface area contributed by atoms with Gasteiger partial charge in [-0.3, -0.25) is 14.5 Å². The summed E-state index contributed by atoms with van der Waals surface area (Å²) in [5.74, 6) is -1.96. The lowest BCUT2D eigenvalue weighted by molar-refractivity contribution is -0.140. The summed E-state index contributed by atoms with van der Waals surface area (Å²) < 4.78 is 30.8. The Morgan fingerprint density at radius 3 is 2.42 bits per heavy atom. The predicted molar refractivity (Wildman–Crippen MR) is 131 cm³/mol. The molecule has 2 aliphatic heterocycles. The van der Waals surface area contributed by atoms with E-state index in [1.165, 1.54) is 17.0 Å². The smallest absolute Gasteiger partial charge is 0.295 e. The van der Waals surface area contributed by atoms with Gasteiger partial charge in [-0.2, -0.15) is 0 Å². The van der Waals surface area contributed by atoms with Gasteiger partial charge in [-0.1, -0.05) is 12.1 Å². The summed E-state index contributed by atoms with van der Waals surface area (Å²) >= 11 is 0. The Morgan fingerprint density at radius 1 is 1.11 bits per heavy atom. The average molecular weight is 499 g/mol. The van der Waals surface area contributed by atoms with Crippen molar-refractivity contribution in [1.29, 1.82) is 0 Å². The van der Waals surface area contributed by atoms with Crippen molar-refractivity contribution in [3.63, 3.8) is 0 Å². The minimum absolute atomic E-state index is 0.0409. The van der Waals surface area contributed by atoms with Crippen LogP contribution >= 0.6 is 0 Å².